The average Bonchev–Trinajstić information content (AvgIpc) is 2.63. The van der Waals surface area contributed by atoms with Crippen LogP contribution >= 0.6 is 11.6 Å². The van der Waals surface area contributed by atoms with E-state index in [0.29, 0.717) is 16.3 Å². The van der Waals surface area contributed by atoms with E-state index in [1.54, 1.807) is 18.2 Å². The molecule has 0 radical (unpaired) electrons. The summed E-state index contributed by atoms with van der Waals surface area (Å²) in [4.78, 5) is 12.4. The molecule has 0 fully saturated rings. The number of benzene rings is 2. The van der Waals surface area contributed by atoms with E-state index in [9.17, 15) is 15.2 Å². The van der Waals surface area contributed by atoms with Gasteiger partial charge in [-0.3, -0.25) is 4.79 Å². The molecular weight excluding hydrogens is 356 g/mol. The van der Waals surface area contributed by atoms with Crippen molar-refractivity contribution in [3.8, 4) is 23.3 Å². The number of aryl methyl sites for hydroxylation is 1. The number of amides is 1. The van der Waals surface area contributed by atoms with Crippen LogP contribution in [-0.2, 0) is 4.79 Å². The van der Waals surface area contributed by atoms with Crippen molar-refractivity contribution in [1.29, 1.82) is 5.26 Å². The third kappa shape index (κ3) is 4.26. The smallest absolute Gasteiger partial charge is 0.266 e. The summed E-state index contributed by atoms with van der Waals surface area (Å²) in [6.45, 7) is 1.85. The standard InChI is InChI=1S/C19H17ClN2O4/c1-11-4-5-14(9-15(11)20)22-19(24)13(10-21)6-12-7-16(25-2)18(23)17(8-12)26-3/h4-9,23H,1-3H3,(H,22,24). The summed E-state index contributed by atoms with van der Waals surface area (Å²) >= 11 is 6.04. The van der Waals surface area contributed by atoms with Crippen LogP contribution in [0.1, 0.15) is 11.1 Å². The Hall–Kier alpha value is -3.17. The number of nitrogens with one attached hydrogen (secondary N) is 1. The van der Waals surface area contributed by atoms with Gasteiger partial charge in [0.05, 0.1) is 14.2 Å². The Bertz CT molecular complexity index is 891. The van der Waals surface area contributed by atoms with Gasteiger partial charge < -0.3 is 19.9 Å². The second-order valence-electron chi connectivity index (χ2n) is 5.36. The molecule has 0 aliphatic rings. The van der Waals surface area contributed by atoms with Crippen LogP contribution in [0.3, 0.4) is 0 Å². The molecule has 0 saturated carbocycles. The Balaban J connectivity index is 2.33. The fourth-order valence-electron chi connectivity index (χ4n) is 2.18. The summed E-state index contributed by atoms with van der Waals surface area (Å²) in [7, 11) is 2.78. The largest absolute Gasteiger partial charge is 0.502 e. The Morgan fingerprint density at radius 1 is 1.23 bits per heavy atom. The second-order valence-corrected chi connectivity index (χ2v) is 5.77. The van der Waals surface area contributed by atoms with Gasteiger partial charge in [0.15, 0.2) is 11.5 Å². The SMILES string of the molecule is COc1cc(C=C(C#N)C(=O)Nc2ccc(C)c(Cl)c2)cc(OC)c1O. The van der Waals surface area contributed by atoms with Gasteiger partial charge in [0.1, 0.15) is 11.6 Å². The van der Waals surface area contributed by atoms with Crippen LogP contribution in [0, 0.1) is 18.3 Å². The number of ether oxygens (including phenoxy) is 2. The lowest BCUT2D eigenvalue weighted by Crippen LogP contribution is -2.13. The minimum atomic E-state index is -0.585. The van der Waals surface area contributed by atoms with Crippen molar-refractivity contribution >= 4 is 29.3 Å². The number of hydrogen-bond acceptors (Lipinski definition) is 5. The average molecular weight is 373 g/mol. The van der Waals surface area contributed by atoms with Crippen molar-refractivity contribution in [2.45, 2.75) is 6.92 Å². The summed E-state index contributed by atoms with van der Waals surface area (Å²) < 4.78 is 10.1. The zero-order valence-electron chi connectivity index (χ0n) is 14.5. The normalized spacial score (nSPS) is 10.8. The first-order valence-corrected chi connectivity index (χ1v) is 7.91. The van der Waals surface area contributed by atoms with E-state index in [1.807, 2.05) is 13.0 Å². The zero-order chi connectivity index (χ0) is 19.3. The number of anilines is 1. The van der Waals surface area contributed by atoms with Crippen LogP contribution in [0.15, 0.2) is 35.9 Å². The van der Waals surface area contributed by atoms with Crippen molar-refractivity contribution in [2.24, 2.45) is 0 Å². The van der Waals surface area contributed by atoms with Gasteiger partial charge in [-0.15, -0.1) is 0 Å². The van der Waals surface area contributed by atoms with Gasteiger partial charge in [-0.1, -0.05) is 17.7 Å². The molecule has 0 aliphatic carbocycles. The van der Waals surface area contributed by atoms with Crippen molar-refractivity contribution in [2.75, 3.05) is 19.5 Å². The summed E-state index contributed by atoms with van der Waals surface area (Å²) in [6.07, 6.45) is 1.37. The maximum absolute atomic E-state index is 12.4. The van der Waals surface area contributed by atoms with Crippen molar-refractivity contribution in [1.82, 2.24) is 0 Å². The summed E-state index contributed by atoms with van der Waals surface area (Å²) in [5, 5.41) is 22.4. The van der Waals surface area contributed by atoms with E-state index in [2.05, 4.69) is 5.32 Å². The number of hydrogen-bond donors (Lipinski definition) is 2. The number of carbonyl (C=O) groups excluding carboxylic acids is 1. The first-order chi connectivity index (χ1) is 12.4. The Labute approximate surface area is 156 Å². The Morgan fingerprint density at radius 3 is 2.35 bits per heavy atom. The summed E-state index contributed by atoms with van der Waals surface area (Å²) in [5.41, 5.74) is 1.69. The van der Waals surface area contributed by atoms with Crippen LogP contribution in [0.2, 0.25) is 5.02 Å². The van der Waals surface area contributed by atoms with Gasteiger partial charge in [-0.05, 0) is 48.4 Å². The van der Waals surface area contributed by atoms with E-state index in [4.69, 9.17) is 21.1 Å². The van der Waals surface area contributed by atoms with E-state index in [0.717, 1.165) is 5.56 Å². The molecule has 2 aromatic carbocycles. The van der Waals surface area contributed by atoms with Crippen molar-refractivity contribution in [3.63, 3.8) is 0 Å². The van der Waals surface area contributed by atoms with Crippen molar-refractivity contribution < 1.29 is 19.4 Å². The molecule has 2 N–H and O–H groups in total. The maximum atomic E-state index is 12.4. The molecule has 0 aliphatic heterocycles. The lowest BCUT2D eigenvalue weighted by molar-refractivity contribution is -0.112. The minimum Gasteiger partial charge on any atom is -0.502 e. The molecule has 1 amide bonds. The number of nitrogens with zero attached hydrogens (tertiary/aromatic N) is 1. The molecule has 2 rings (SSSR count). The number of nitriles is 1. The highest BCUT2D eigenvalue weighted by Gasteiger charge is 2.14. The number of carbonyl (C=O) groups is 1. The molecule has 0 unspecified atom stereocenters. The fraction of sp³-hybridized carbons (Fsp3) is 0.158. The number of halogens is 1. The molecule has 134 valence electrons. The molecule has 0 saturated heterocycles. The lowest BCUT2D eigenvalue weighted by Gasteiger charge is -2.10. The van der Waals surface area contributed by atoms with Gasteiger partial charge in [0.2, 0.25) is 5.75 Å². The van der Waals surface area contributed by atoms with Crippen LogP contribution in [0.5, 0.6) is 17.2 Å². The van der Waals surface area contributed by atoms with Crippen LogP contribution in [0.25, 0.3) is 6.08 Å². The molecule has 0 aromatic heterocycles. The Kier molecular flexibility index (Phi) is 6.10. The topological polar surface area (TPSA) is 91.6 Å². The lowest BCUT2D eigenvalue weighted by atomic mass is 10.1. The summed E-state index contributed by atoms with van der Waals surface area (Å²) in [6, 6.07) is 9.91. The van der Waals surface area contributed by atoms with Gasteiger partial charge in [0, 0.05) is 10.7 Å². The number of rotatable bonds is 5. The van der Waals surface area contributed by atoms with Crippen LogP contribution in [-0.4, -0.2) is 25.2 Å². The first kappa shape index (κ1) is 19.2. The van der Waals surface area contributed by atoms with Gasteiger partial charge in [-0.2, -0.15) is 5.26 Å². The van der Waals surface area contributed by atoms with Crippen molar-refractivity contribution in [3.05, 3.63) is 52.1 Å². The highest BCUT2D eigenvalue weighted by molar-refractivity contribution is 6.31. The molecule has 0 spiro atoms. The highest BCUT2D eigenvalue weighted by atomic mass is 35.5. The number of phenolic OH excluding ortho intramolecular Hbond substituents is 1. The summed E-state index contributed by atoms with van der Waals surface area (Å²) in [5.74, 6) is -0.417. The predicted molar refractivity (Wildman–Crippen MR) is 99.6 cm³/mol. The molecular formula is C19H17ClN2O4. The molecule has 0 bridgehead atoms. The van der Waals surface area contributed by atoms with Gasteiger partial charge >= 0.3 is 0 Å². The monoisotopic (exact) mass is 372 g/mol. The maximum Gasteiger partial charge on any atom is 0.266 e. The van der Waals surface area contributed by atoms with E-state index in [1.165, 1.54) is 32.4 Å². The quantitative estimate of drug-likeness (QED) is 0.613. The van der Waals surface area contributed by atoms with E-state index >= 15 is 0 Å². The van der Waals surface area contributed by atoms with Gasteiger partial charge in [-0.25, -0.2) is 0 Å². The molecule has 6 nitrogen and oxygen atoms in total. The van der Waals surface area contributed by atoms with Crippen LogP contribution in [0.4, 0.5) is 5.69 Å². The molecule has 7 heteroatoms. The minimum absolute atomic E-state index is 0.128. The van der Waals surface area contributed by atoms with E-state index < -0.39 is 5.91 Å². The number of phenols is 1. The molecule has 0 heterocycles. The fourth-order valence-corrected chi connectivity index (χ4v) is 2.36. The Morgan fingerprint density at radius 2 is 1.85 bits per heavy atom. The van der Waals surface area contributed by atoms with Gasteiger partial charge in [0.25, 0.3) is 5.91 Å². The predicted octanol–water partition coefficient (Wildman–Crippen LogP) is 3.92. The third-order valence-electron chi connectivity index (χ3n) is 3.61. The van der Waals surface area contributed by atoms with Crippen LogP contribution < -0.4 is 14.8 Å². The number of aromatic hydroxyl groups is 1. The molecule has 26 heavy (non-hydrogen) atoms. The zero-order valence-corrected chi connectivity index (χ0v) is 15.2. The molecule has 2 aromatic rings. The second kappa shape index (κ2) is 8.28. The number of methoxy groups -OCH3 is 2. The molecule has 0 atom stereocenters. The highest BCUT2D eigenvalue weighted by Crippen LogP contribution is 2.37. The first-order valence-electron chi connectivity index (χ1n) is 7.54. The van der Waals surface area contributed by atoms with E-state index in [-0.39, 0.29) is 22.8 Å². The third-order valence-corrected chi connectivity index (χ3v) is 4.02.